The van der Waals surface area contributed by atoms with Crippen molar-refractivity contribution in [2.75, 3.05) is 7.11 Å². The zero-order valence-corrected chi connectivity index (χ0v) is 23.0. The van der Waals surface area contributed by atoms with E-state index in [9.17, 15) is 26.4 Å². The second kappa shape index (κ2) is 12.0. The van der Waals surface area contributed by atoms with Gasteiger partial charge < -0.3 is 15.6 Å². The smallest absolute Gasteiger partial charge is 0.490 e. The zero-order chi connectivity index (χ0) is 31.5. The predicted molar refractivity (Wildman–Crippen MR) is 149 cm³/mol. The number of carbonyl (C=O) groups is 1. The molecule has 224 valence electrons. The van der Waals surface area contributed by atoms with E-state index in [1.54, 1.807) is 73.8 Å². The first-order chi connectivity index (χ1) is 20.3. The lowest BCUT2D eigenvalue weighted by atomic mass is 10.1. The summed E-state index contributed by atoms with van der Waals surface area (Å²) in [6.07, 6.45) is -3.66. The molecule has 0 bridgehead atoms. The third-order valence-corrected chi connectivity index (χ3v) is 7.03. The summed E-state index contributed by atoms with van der Waals surface area (Å²) in [5, 5.41) is 17.0. The molecule has 2 aromatic heterocycles. The first-order valence-corrected chi connectivity index (χ1v) is 13.7. The van der Waals surface area contributed by atoms with Gasteiger partial charge in [-0.15, -0.1) is 0 Å². The number of nitrogens with two attached hydrogens (primary N) is 2. The Morgan fingerprint density at radius 1 is 1.00 bits per heavy atom. The largest absolute Gasteiger partial charge is 0.497 e. The molecule has 0 radical (unpaired) electrons. The van der Waals surface area contributed by atoms with E-state index in [4.69, 9.17) is 25.5 Å². The molecule has 0 fully saturated rings. The van der Waals surface area contributed by atoms with Crippen LogP contribution >= 0.6 is 0 Å². The number of halogens is 3. The quantitative estimate of drug-likeness (QED) is 0.258. The molecule has 0 amide bonds. The van der Waals surface area contributed by atoms with Crippen molar-refractivity contribution in [1.82, 2.24) is 19.3 Å². The number of methoxy groups -OCH3 is 1. The monoisotopic (exact) mass is 616 g/mol. The number of benzene rings is 3. The molecule has 3 aromatic carbocycles. The summed E-state index contributed by atoms with van der Waals surface area (Å²) in [5.74, 6) is -2.08. The fraction of sp³-hybridized carbons (Fsp3) is 0.111. The van der Waals surface area contributed by atoms with Gasteiger partial charge in [0.2, 0.25) is 10.0 Å². The Morgan fingerprint density at radius 2 is 1.58 bits per heavy atom. The number of alkyl halides is 3. The third-order valence-electron chi connectivity index (χ3n) is 6.06. The van der Waals surface area contributed by atoms with Crippen molar-refractivity contribution in [1.29, 1.82) is 0 Å². The predicted octanol–water partition coefficient (Wildman–Crippen LogP) is 2.99. The minimum absolute atomic E-state index is 0.0238. The highest BCUT2D eigenvalue weighted by molar-refractivity contribution is 7.89. The minimum Gasteiger partial charge on any atom is -0.497 e. The normalized spacial score (nSPS) is 11.6. The molecule has 0 spiro atoms. The summed E-state index contributed by atoms with van der Waals surface area (Å²) in [7, 11) is -2.33. The molecular formula is C27H23F3N6O6S. The van der Waals surface area contributed by atoms with E-state index in [0.717, 1.165) is 0 Å². The van der Waals surface area contributed by atoms with Gasteiger partial charge in [0.05, 0.1) is 23.4 Å². The summed E-state index contributed by atoms with van der Waals surface area (Å²) in [5.41, 5.74) is 9.06. The van der Waals surface area contributed by atoms with Crippen molar-refractivity contribution in [3.8, 4) is 28.3 Å². The van der Waals surface area contributed by atoms with Gasteiger partial charge in [0, 0.05) is 12.1 Å². The Bertz CT molecular complexity index is 1960. The van der Waals surface area contributed by atoms with Gasteiger partial charge in [-0.05, 0) is 48.0 Å². The lowest BCUT2D eigenvalue weighted by Gasteiger charge is -2.10. The number of nitrogens with zero attached hydrogens (tertiary/aromatic N) is 4. The van der Waals surface area contributed by atoms with Crippen molar-refractivity contribution >= 4 is 27.0 Å². The van der Waals surface area contributed by atoms with Crippen LogP contribution in [-0.2, 0) is 21.4 Å². The van der Waals surface area contributed by atoms with E-state index in [1.165, 1.54) is 21.6 Å². The second-order valence-corrected chi connectivity index (χ2v) is 10.3. The van der Waals surface area contributed by atoms with Gasteiger partial charge in [-0.2, -0.15) is 18.3 Å². The number of carboxylic acid groups (broad SMARTS) is 1. The van der Waals surface area contributed by atoms with Crippen molar-refractivity contribution in [2.24, 2.45) is 10.9 Å². The molecule has 0 saturated carbocycles. The molecule has 0 aliphatic carbocycles. The summed E-state index contributed by atoms with van der Waals surface area (Å²) >= 11 is 0. The molecule has 0 unspecified atom stereocenters. The number of hydrogen-bond acceptors (Lipinski definition) is 8. The molecule has 0 aliphatic heterocycles. The molecular weight excluding hydrogens is 593 g/mol. The van der Waals surface area contributed by atoms with Crippen LogP contribution in [0, 0.1) is 0 Å². The average molecular weight is 617 g/mol. The maximum absolute atomic E-state index is 13.6. The summed E-state index contributed by atoms with van der Waals surface area (Å²) in [4.78, 5) is 27.0. The van der Waals surface area contributed by atoms with Crippen LogP contribution in [-0.4, -0.2) is 52.1 Å². The number of ether oxygens (including phenoxy) is 1. The highest BCUT2D eigenvalue weighted by Gasteiger charge is 2.38. The highest BCUT2D eigenvalue weighted by Crippen LogP contribution is 2.27. The molecule has 0 saturated heterocycles. The van der Waals surface area contributed by atoms with Gasteiger partial charge in [0.25, 0.3) is 5.56 Å². The molecule has 2 heterocycles. The fourth-order valence-corrected chi connectivity index (χ4v) is 4.81. The number of carboxylic acids is 1. The average Bonchev–Trinajstić information content (AvgIpc) is 3.36. The van der Waals surface area contributed by atoms with Crippen LogP contribution in [0.2, 0.25) is 0 Å². The number of sulfonamides is 1. The summed E-state index contributed by atoms with van der Waals surface area (Å²) in [6, 6.07) is 20.5. The van der Waals surface area contributed by atoms with Gasteiger partial charge in [-0.25, -0.2) is 28.0 Å². The standard InChI is InChI=1S/C25H22N6O4S.C2HF3O2/c1-35-19-12-10-18(11-13-19)31-24-23(21(14-26)29-31)28-15-30(25(24)32)17-8-6-16(7-9-17)20-4-2-3-5-22(20)36(27,33)34;3-2(4,5)1(6)7/h2-13,15H,14,26H2,1H3,(H2,27,33,34);(H,6,7). The van der Waals surface area contributed by atoms with Crippen LogP contribution in [0.25, 0.3) is 33.5 Å². The van der Waals surface area contributed by atoms with Crippen LogP contribution < -0.4 is 21.2 Å². The van der Waals surface area contributed by atoms with Crippen molar-refractivity contribution in [2.45, 2.75) is 17.6 Å². The van der Waals surface area contributed by atoms with Gasteiger partial charge in [-0.1, -0.05) is 30.3 Å². The lowest BCUT2D eigenvalue weighted by Crippen LogP contribution is -2.21. The number of primary sulfonamides is 1. The van der Waals surface area contributed by atoms with E-state index in [0.29, 0.717) is 39.5 Å². The molecule has 43 heavy (non-hydrogen) atoms. The van der Waals surface area contributed by atoms with E-state index in [1.807, 2.05) is 0 Å². The molecule has 5 N–H and O–H groups in total. The Hall–Kier alpha value is -5.06. The zero-order valence-electron chi connectivity index (χ0n) is 22.2. The summed E-state index contributed by atoms with van der Waals surface area (Å²) < 4.78 is 63.9. The molecule has 0 aliphatic rings. The second-order valence-electron chi connectivity index (χ2n) is 8.77. The van der Waals surface area contributed by atoms with Crippen LogP contribution in [0.4, 0.5) is 13.2 Å². The SMILES string of the molecule is COc1ccc(-n2nc(CN)c3ncn(-c4ccc(-c5ccccc5S(N)(=O)=O)cc4)c(=O)c32)cc1.O=C(O)C(F)(F)F. The summed E-state index contributed by atoms with van der Waals surface area (Å²) in [6.45, 7) is 0.119. The number of hydrogen-bond donors (Lipinski definition) is 3. The Morgan fingerprint density at radius 3 is 2.12 bits per heavy atom. The van der Waals surface area contributed by atoms with E-state index >= 15 is 0 Å². The van der Waals surface area contributed by atoms with Crippen LogP contribution in [0.3, 0.4) is 0 Å². The Kier molecular flexibility index (Phi) is 8.65. The maximum atomic E-state index is 13.6. The fourth-order valence-electron chi connectivity index (χ4n) is 4.05. The highest BCUT2D eigenvalue weighted by atomic mass is 32.2. The van der Waals surface area contributed by atoms with E-state index < -0.39 is 22.2 Å². The maximum Gasteiger partial charge on any atom is 0.490 e. The van der Waals surface area contributed by atoms with Crippen molar-refractivity contribution < 1.29 is 36.2 Å². The van der Waals surface area contributed by atoms with E-state index in [-0.39, 0.29) is 22.5 Å². The van der Waals surface area contributed by atoms with Gasteiger partial charge in [-0.3, -0.25) is 9.36 Å². The van der Waals surface area contributed by atoms with Crippen LogP contribution in [0.15, 0.2) is 88.8 Å². The number of aliphatic carboxylic acids is 1. The first-order valence-electron chi connectivity index (χ1n) is 12.1. The number of aromatic nitrogens is 4. The topological polar surface area (TPSA) is 185 Å². The van der Waals surface area contributed by atoms with Gasteiger partial charge in [0.15, 0.2) is 5.52 Å². The first kappa shape index (κ1) is 30.9. The van der Waals surface area contributed by atoms with Gasteiger partial charge >= 0.3 is 12.1 Å². The van der Waals surface area contributed by atoms with Crippen molar-refractivity contribution in [3.63, 3.8) is 0 Å². The molecule has 0 atom stereocenters. The molecule has 16 heteroatoms. The Balaban J connectivity index is 0.000000541. The molecule has 12 nitrogen and oxygen atoms in total. The van der Waals surface area contributed by atoms with Crippen molar-refractivity contribution in [3.05, 3.63) is 95.2 Å². The third kappa shape index (κ3) is 6.56. The lowest BCUT2D eigenvalue weighted by molar-refractivity contribution is -0.192. The van der Waals surface area contributed by atoms with Crippen LogP contribution in [0.1, 0.15) is 5.69 Å². The minimum atomic E-state index is -5.08. The van der Waals surface area contributed by atoms with E-state index in [2.05, 4.69) is 10.1 Å². The van der Waals surface area contributed by atoms with Gasteiger partial charge in [0.1, 0.15) is 23.3 Å². The number of rotatable bonds is 6. The molecule has 5 aromatic rings. The van der Waals surface area contributed by atoms with Crippen LogP contribution in [0.5, 0.6) is 5.75 Å². The molecule has 5 rings (SSSR count). The Labute approximate surface area is 241 Å². The number of fused-ring (bicyclic) bond motifs is 1.